The average molecular weight is 479 g/mol. The third-order valence-corrected chi connectivity index (χ3v) is 5.61. The number of phenolic OH excluding ortho intramolecular Hbond substituents is 1. The first-order valence-electron chi connectivity index (χ1n) is 9.91. The molecule has 4 rings (SSSR count). The van der Waals surface area contributed by atoms with Crippen molar-refractivity contribution in [1.82, 2.24) is 5.32 Å². The quantitative estimate of drug-likeness (QED) is 0.209. The number of phenols is 1. The largest absolute Gasteiger partial charge is 0.508 e. The molecule has 0 bridgehead atoms. The lowest BCUT2D eigenvalue weighted by molar-refractivity contribution is -0.138. The summed E-state index contributed by atoms with van der Waals surface area (Å²) in [5.74, 6) is -3.40. The number of hydrogen-bond acceptors (Lipinski definition) is 7. The molecule has 2 aliphatic rings. The molecule has 10 heteroatoms. The minimum absolute atomic E-state index is 0.0529. The van der Waals surface area contributed by atoms with Crippen LogP contribution in [0.3, 0.4) is 0 Å². The van der Waals surface area contributed by atoms with Crippen LogP contribution in [0.15, 0.2) is 63.8 Å². The summed E-state index contributed by atoms with van der Waals surface area (Å²) in [5, 5.41) is 31.7. The van der Waals surface area contributed by atoms with Crippen molar-refractivity contribution in [3.63, 3.8) is 0 Å². The fourth-order valence-electron chi connectivity index (χ4n) is 3.66. The highest BCUT2D eigenvalue weighted by atomic mass is 32.1. The molecule has 2 aromatic carbocycles. The second-order valence-electron chi connectivity index (χ2n) is 7.43. The fraction of sp³-hybridized carbons (Fsp3) is 0.0833. The van der Waals surface area contributed by atoms with Crippen LogP contribution in [0.4, 0.5) is 0 Å². The smallest absolute Gasteiger partial charge is 0.336 e. The molecule has 1 aliphatic carbocycles. The Morgan fingerprint density at radius 1 is 0.971 bits per heavy atom. The van der Waals surface area contributed by atoms with E-state index in [0.29, 0.717) is 16.5 Å². The van der Waals surface area contributed by atoms with Crippen LogP contribution in [0.25, 0.3) is 33.4 Å². The molecule has 0 unspecified atom stereocenters. The van der Waals surface area contributed by atoms with Crippen molar-refractivity contribution in [2.24, 2.45) is 0 Å². The third-order valence-electron chi connectivity index (χ3n) is 5.24. The van der Waals surface area contributed by atoms with Crippen LogP contribution < -0.4 is 10.7 Å². The Morgan fingerprint density at radius 2 is 1.71 bits per heavy atom. The maximum atomic E-state index is 12.6. The number of fused-ring (bicyclic) bond motifs is 2. The Labute approximate surface area is 197 Å². The molecule has 9 nitrogen and oxygen atoms in total. The molecule has 2 aromatic rings. The van der Waals surface area contributed by atoms with Gasteiger partial charge in [0.25, 0.3) is 5.91 Å². The van der Waals surface area contributed by atoms with Gasteiger partial charge in [-0.3, -0.25) is 9.59 Å². The molecule has 0 saturated carbocycles. The molecule has 1 amide bonds. The van der Waals surface area contributed by atoms with Crippen LogP contribution in [0.5, 0.6) is 5.75 Å². The summed E-state index contributed by atoms with van der Waals surface area (Å²) in [4.78, 5) is 47.8. The van der Waals surface area contributed by atoms with Crippen LogP contribution in [0.2, 0.25) is 0 Å². The maximum Gasteiger partial charge on any atom is 0.336 e. The third kappa shape index (κ3) is 4.18. The van der Waals surface area contributed by atoms with Crippen molar-refractivity contribution >= 4 is 41.4 Å². The molecule has 0 radical (unpaired) electrons. The maximum absolute atomic E-state index is 12.6. The fourth-order valence-corrected chi connectivity index (χ4v) is 3.90. The van der Waals surface area contributed by atoms with Crippen LogP contribution in [-0.4, -0.2) is 45.0 Å². The zero-order valence-corrected chi connectivity index (χ0v) is 18.2. The first-order chi connectivity index (χ1) is 16.2. The number of aromatic carboxylic acids is 1. The van der Waals surface area contributed by atoms with E-state index in [9.17, 15) is 29.4 Å². The predicted molar refractivity (Wildman–Crippen MR) is 126 cm³/mol. The highest BCUT2D eigenvalue weighted by Gasteiger charge is 2.24. The number of amides is 1. The molecular weight excluding hydrogens is 462 g/mol. The highest BCUT2D eigenvalue weighted by molar-refractivity contribution is 7.80. The van der Waals surface area contributed by atoms with Gasteiger partial charge in [-0.25, -0.2) is 9.59 Å². The molecule has 0 spiro atoms. The molecule has 34 heavy (non-hydrogen) atoms. The molecule has 1 heterocycles. The van der Waals surface area contributed by atoms with E-state index < -0.39 is 23.9 Å². The SMILES string of the molecule is O=C(N[C@@H](CS)C(=O)O)c1ccc(-c2c3ccc(=O)cc-3oc3cc(O)ccc23)c(C(=O)O)c1. The lowest BCUT2D eigenvalue weighted by Gasteiger charge is -2.17. The Morgan fingerprint density at radius 3 is 2.38 bits per heavy atom. The second kappa shape index (κ2) is 8.91. The molecule has 1 atom stereocenters. The summed E-state index contributed by atoms with van der Waals surface area (Å²) in [6.07, 6.45) is 0. The Hall–Kier alpha value is -4.31. The number of nitrogens with one attached hydrogen (secondary N) is 1. The van der Waals surface area contributed by atoms with Crippen molar-refractivity contribution < 1.29 is 34.1 Å². The predicted octanol–water partition coefficient (Wildman–Crippen LogP) is 3.08. The molecule has 0 saturated heterocycles. The second-order valence-corrected chi connectivity index (χ2v) is 7.79. The first kappa shape index (κ1) is 22.9. The van der Waals surface area contributed by atoms with Gasteiger partial charge in [-0.2, -0.15) is 12.6 Å². The number of benzene rings is 3. The Bertz CT molecular complexity index is 1490. The van der Waals surface area contributed by atoms with Crippen LogP contribution >= 0.6 is 12.6 Å². The van der Waals surface area contributed by atoms with Crippen molar-refractivity contribution in [2.75, 3.05) is 5.75 Å². The van der Waals surface area contributed by atoms with Crippen LogP contribution in [0.1, 0.15) is 20.7 Å². The van der Waals surface area contributed by atoms with E-state index in [0.717, 1.165) is 6.07 Å². The van der Waals surface area contributed by atoms with Gasteiger partial charge in [0.2, 0.25) is 0 Å². The topological polar surface area (TPSA) is 154 Å². The standard InChI is InChI=1S/C24H17NO8S/c26-12-2-5-15-19(8-12)33-20-9-13(27)3-6-16(20)21(15)14-4-1-11(7-17(14)23(29)30)22(28)25-18(10-34)24(31)32/h1-9,18,26,34H,10H2,(H,25,28)(H,29,30)(H,31,32)/t18-/m0/s1. The van der Waals surface area contributed by atoms with Gasteiger partial charge in [0.15, 0.2) is 5.43 Å². The van der Waals surface area contributed by atoms with Crippen molar-refractivity contribution in [3.05, 3.63) is 75.9 Å². The number of carboxylic acid groups (broad SMARTS) is 2. The summed E-state index contributed by atoms with van der Waals surface area (Å²) in [6, 6.07) is 11.1. The molecule has 172 valence electrons. The molecular formula is C24H17NO8S. The van der Waals surface area contributed by atoms with Gasteiger partial charge in [0, 0.05) is 40.0 Å². The number of aliphatic carboxylic acids is 1. The number of aromatic hydroxyl groups is 1. The minimum Gasteiger partial charge on any atom is -0.508 e. The number of rotatable bonds is 6. The molecule has 1 aliphatic heterocycles. The number of hydrogen-bond donors (Lipinski definition) is 5. The van der Waals surface area contributed by atoms with E-state index in [1.807, 2.05) is 0 Å². The van der Waals surface area contributed by atoms with Gasteiger partial charge in [-0.1, -0.05) is 6.07 Å². The molecule has 0 fully saturated rings. The van der Waals surface area contributed by atoms with Crippen molar-refractivity contribution in [2.45, 2.75) is 6.04 Å². The van der Waals surface area contributed by atoms with E-state index in [4.69, 9.17) is 9.52 Å². The summed E-state index contributed by atoms with van der Waals surface area (Å²) in [5.41, 5.74) is 0.760. The van der Waals surface area contributed by atoms with E-state index in [-0.39, 0.29) is 45.0 Å². The number of carbonyl (C=O) groups excluding carboxylic acids is 1. The number of carboxylic acids is 2. The zero-order chi connectivity index (χ0) is 24.6. The van der Waals surface area contributed by atoms with Gasteiger partial charge in [-0.15, -0.1) is 0 Å². The summed E-state index contributed by atoms with van der Waals surface area (Å²) in [6.45, 7) is 0. The summed E-state index contributed by atoms with van der Waals surface area (Å²) >= 11 is 3.90. The van der Waals surface area contributed by atoms with Crippen molar-refractivity contribution in [1.29, 1.82) is 0 Å². The monoisotopic (exact) mass is 479 g/mol. The summed E-state index contributed by atoms with van der Waals surface area (Å²) < 4.78 is 5.78. The van der Waals surface area contributed by atoms with Gasteiger partial charge >= 0.3 is 11.9 Å². The average Bonchev–Trinajstić information content (AvgIpc) is 2.80. The van der Waals surface area contributed by atoms with Gasteiger partial charge in [0.05, 0.1) is 5.56 Å². The molecule has 0 aromatic heterocycles. The lowest BCUT2D eigenvalue weighted by Crippen LogP contribution is -2.42. The minimum atomic E-state index is -1.32. The first-order valence-corrected chi connectivity index (χ1v) is 10.5. The van der Waals surface area contributed by atoms with E-state index in [1.165, 1.54) is 42.5 Å². The highest BCUT2D eigenvalue weighted by Crippen LogP contribution is 2.42. The van der Waals surface area contributed by atoms with E-state index in [2.05, 4.69) is 17.9 Å². The van der Waals surface area contributed by atoms with Gasteiger partial charge in [-0.05, 0) is 42.0 Å². The Kier molecular flexibility index (Phi) is 5.99. The lowest BCUT2D eigenvalue weighted by atomic mass is 9.90. The Balaban J connectivity index is 1.95. The van der Waals surface area contributed by atoms with Crippen LogP contribution in [-0.2, 0) is 4.79 Å². The van der Waals surface area contributed by atoms with Crippen LogP contribution in [0, 0.1) is 0 Å². The van der Waals surface area contributed by atoms with Gasteiger partial charge in [0.1, 0.15) is 23.1 Å². The zero-order valence-electron chi connectivity index (χ0n) is 17.3. The van der Waals surface area contributed by atoms with Crippen molar-refractivity contribution in [3.8, 4) is 28.2 Å². The molecule has 4 N–H and O–H groups in total. The summed E-state index contributed by atoms with van der Waals surface area (Å²) in [7, 11) is 0. The van der Waals surface area contributed by atoms with Gasteiger partial charge < -0.3 is 25.1 Å². The van der Waals surface area contributed by atoms with E-state index >= 15 is 0 Å². The number of thiol groups is 1. The number of carbonyl (C=O) groups is 3. The van der Waals surface area contributed by atoms with E-state index in [1.54, 1.807) is 6.07 Å². The normalized spacial score (nSPS) is 11.9.